The topological polar surface area (TPSA) is 103 Å². The van der Waals surface area contributed by atoms with Crippen molar-refractivity contribution in [3.05, 3.63) is 90.8 Å². The van der Waals surface area contributed by atoms with Gasteiger partial charge in [-0.25, -0.2) is 17.9 Å². The maximum absolute atomic E-state index is 13.1. The van der Waals surface area contributed by atoms with Crippen LogP contribution in [0.5, 0.6) is 0 Å². The summed E-state index contributed by atoms with van der Waals surface area (Å²) in [4.78, 5) is 11.7. The average molecular weight is 434 g/mol. The van der Waals surface area contributed by atoms with Crippen molar-refractivity contribution in [2.45, 2.75) is 4.90 Å². The fraction of sp³-hybridized carbons (Fsp3) is 0.0455. The predicted molar refractivity (Wildman–Crippen MR) is 115 cm³/mol. The molecule has 0 atom stereocenters. The number of aromatic nitrogens is 3. The van der Waals surface area contributed by atoms with Crippen LogP contribution in [0.25, 0.3) is 16.8 Å². The lowest BCUT2D eigenvalue weighted by Gasteiger charge is -2.13. The first-order valence-electron chi connectivity index (χ1n) is 9.26. The highest BCUT2D eigenvalue weighted by Gasteiger charge is 2.19. The van der Waals surface area contributed by atoms with E-state index in [-0.39, 0.29) is 10.6 Å². The molecule has 0 spiro atoms. The van der Waals surface area contributed by atoms with Crippen LogP contribution in [-0.4, -0.2) is 36.5 Å². The summed E-state index contributed by atoms with van der Waals surface area (Å²) in [7, 11) is -2.56. The number of sulfonamides is 1. The van der Waals surface area contributed by atoms with Gasteiger partial charge in [0.25, 0.3) is 10.0 Å². The molecule has 0 aliphatic carbocycles. The van der Waals surface area contributed by atoms with Crippen LogP contribution >= 0.6 is 0 Å². The SMILES string of the molecule is COC(=O)c1cn(-c2ccc(NS(=O)(=O)c3ccccc3-c3ccccc3)cc2)nn1. The Morgan fingerprint density at radius 3 is 2.32 bits per heavy atom. The molecule has 1 heterocycles. The van der Waals surface area contributed by atoms with Crippen LogP contribution in [0.1, 0.15) is 10.5 Å². The largest absolute Gasteiger partial charge is 0.464 e. The lowest BCUT2D eigenvalue weighted by Crippen LogP contribution is -2.14. The standard InChI is InChI=1S/C22H18N4O4S/c1-30-22(27)20-15-26(25-23-20)18-13-11-17(12-14-18)24-31(28,29)21-10-6-5-9-19(21)16-7-3-2-4-8-16/h2-15,24H,1H3. The number of carbonyl (C=O) groups excluding carboxylic acids is 1. The first-order valence-corrected chi connectivity index (χ1v) is 10.7. The van der Waals surface area contributed by atoms with Gasteiger partial charge in [-0.2, -0.15) is 0 Å². The van der Waals surface area contributed by atoms with Gasteiger partial charge >= 0.3 is 5.97 Å². The first kappa shape index (κ1) is 20.3. The maximum Gasteiger partial charge on any atom is 0.360 e. The van der Waals surface area contributed by atoms with Crippen LogP contribution in [0.4, 0.5) is 5.69 Å². The number of anilines is 1. The van der Waals surface area contributed by atoms with Gasteiger partial charge in [-0.1, -0.05) is 53.7 Å². The van der Waals surface area contributed by atoms with Gasteiger partial charge in [0.2, 0.25) is 0 Å². The minimum Gasteiger partial charge on any atom is -0.464 e. The van der Waals surface area contributed by atoms with E-state index in [9.17, 15) is 13.2 Å². The van der Waals surface area contributed by atoms with Gasteiger partial charge in [0.15, 0.2) is 5.69 Å². The Hall–Kier alpha value is -3.98. The molecule has 4 aromatic rings. The number of benzene rings is 3. The minimum atomic E-state index is -3.83. The Kier molecular flexibility index (Phi) is 5.50. The van der Waals surface area contributed by atoms with Crippen molar-refractivity contribution in [3.63, 3.8) is 0 Å². The van der Waals surface area contributed by atoms with Crippen molar-refractivity contribution in [2.24, 2.45) is 0 Å². The molecule has 0 aliphatic rings. The van der Waals surface area contributed by atoms with Crippen molar-refractivity contribution in [1.29, 1.82) is 0 Å². The second-order valence-electron chi connectivity index (χ2n) is 6.55. The molecule has 156 valence electrons. The summed E-state index contributed by atoms with van der Waals surface area (Å²) < 4.78 is 34.8. The number of rotatable bonds is 6. The quantitative estimate of drug-likeness (QED) is 0.466. The average Bonchev–Trinajstić information content (AvgIpc) is 3.30. The third-order valence-electron chi connectivity index (χ3n) is 4.53. The van der Waals surface area contributed by atoms with E-state index in [0.717, 1.165) is 5.56 Å². The molecule has 8 nitrogen and oxygen atoms in total. The minimum absolute atomic E-state index is 0.0739. The molecular weight excluding hydrogens is 416 g/mol. The lowest BCUT2D eigenvalue weighted by atomic mass is 10.1. The van der Waals surface area contributed by atoms with Crippen molar-refractivity contribution in [1.82, 2.24) is 15.0 Å². The molecule has 1 N–H and O–H groups in total. The summed E-state index contributed by atoms with van der Waals surface area (Å²) in [5, 5.41) is 7.63. The smallest absolute Gasteiger partial charge is 0.360 e. The van der Waals surface area contributed by atoms with E-state index in [1.165, 1.54) is 18.0 Å². The molecule has 31 heavy (non-hydrogen) atoms. The Morgan fingerprint density at radius 1 is 0.935 bits per heavy atom. The Bertz CT molecular complexity index is 1320. The van der Waals surface area contributed by atoms with Crippen LogP contribution in [0.3, 0.4) is 0 Å². The highest BCUT2D eigenvalue weighted by atomic mass is 32.2. The normalized spacial score (nSPS) is 11.1. The van der Waals surface area contributed by atoms with E-state index in [1.54, 1.807) is 48.5 Å². The van der Waals surface area contributed by atoms with E-state index >= 15 is 0 Å². The van der Waals surface area contributed by atoms with Gasteiger partial charge in [-0.3, -0.25) is 4.72 Å². The van der Waals surface area contributed by atoms with Crippen molar-refractivity contribution in [2.75, 3.05) is 11.8 Å². The summed E-state index contributed by atoms with van der Waals surface area (Å²) in [6.07, 6.45) is 1.43. The van der Waals surface area contributed by atoms with Crippen molar-refractivity contribution < 1.29 is 17.9 Å². The number of hydrogen-bond acceptors (Lipinski definition) is 6. The Balaban J connectivity index is 1.59. The monoisotopic (exact) mass is 434 g/mol. The zero-order valence-electron chi connectivity index (χ0n) is 16.5. The first-order chi connectivity index (χ1) is 15.0. The van der Waals surface area contributed by atoms with Crippen LogP contribution in [-0.2, 0) is 14.8 Å². The molecule has 0 amide bonds. The summed E-state index contributed by atoms with van der Waals surface area (Å²) >= 11 is 0. The van der Waals surface area contributed by atoms with E-state index < -0.39 is 16.0 Å². The summed E-state index contributed by atoms with van der Waals surface area (Å²) in [5.74, 6) is -0.590. The van der Waals surface area contributed by atoms with Crippen molar-refractivity contribution >= 4 is 21.7 Å². The van der Waals surface area contributed by atoms with E-state index in [0.29, 0.717) is 16.9 Å². The fourth-order valence-corrected chi connectivity index (χ4v) is 4.33. The van der Waals surface area contributed by atoms with Crippen LogP contribution < -0.4 is 4.72 Å². The van der Waals surface area contributed by atoms with Crippen LogP contribution in [0, 0.1) is 0 Å². The van der Waals surface area contributed by atoms with Gasteiger partial charge in [-0.15, -0.1) is 5.10 Å². The third-order valence-corrected chi connectivity index (χ3v) is 5.97. The highest BCUT2D eigenvalue weighted by molar-refractivity contribution is 7.92. The molecular formula is C22H18N4O4S. The lowest BCUT2D eigenvalue weighted by molar-refractivity contribution is 0.0594. The number of carbonyl (C=O) groups is 1. The predicted octanol–water partition coefficient (Wildman–Crippen LogP) is 3.52. The molecule has 0 bridgehead atoms. The molecule has 0 unspecified atom stereocenters. The zero-order valence-corrected chi connectivity index (χ0v) is 17.3. The number of nitrogens with zero attached hydrogens (tertiary/aromatic N) is 3. The summed E-state index contributed by atoms with van der Waals surface area (Å²) in [5.41, 5.74) is 2.50. The highest BCUT2D eigenvalue weighted by Crippen LogP contribution is 2.28. The third kappa shape index (κ3) is 4.31. The van der Waals surface area contributed by atoms with Gasteiger partial charge < -0.3 is 4.74 Å². The van der Waals surface area contributed by atoms with E-state index in [4.69, 9.17) is 0 Å². The number of nitrogens with one attached hydrogen (secondary N) is 1. The van der Waals surface area contributed by atoms with E-state index in [1.807, 2.05) is 30.3 Å². The molecule has 0 radical (unpaired) electrons. The van der Waals surface area contributed by atoms with Crippen LogP contribution in [0.2, 0.25) is 0 Å². The zero-order chi connectivity index (χ0) is 21.8. The molecule has 0 saturated carbocycles. The second-order valence-corrected chi connectivity index (χ2v) is 8.21. The summed E-state index contributed by atoms with van der Waals surface area (Å²) in [6, 6.07) is 22.7. The number of hydrogen-bond donors (Lipinski definition) is 1. The summed E-state index contributed by atoms with van der Waals surface area (Å²) in [6.45, 7) is 0. The molecule has 0 saturated heterocycles. The van der Waals surface area contributed by atoms with Crippen LogP contribution in [0.15, 0.2) is 90.0 Å². The number of esters is 1. The number of methoxy groups -OCH3 is 1. The van der Waals surface area contributed by atoms with Gasteiger partial charge in [0.1, 0.15) is 0 Å². The van der Waals surface area contributed by atoms with Crippen molar-refractivity contribution in [3.8, 4) is 16.8 Å². The maximum atomic E-state index is 13.1. The molecule has 3 aromatic carbocycles. The Morgan fingerprint density at radius 2 is 1.61 bits per heavy atom. The fourth-order valence-electron chi connectivity index (χ4n) is 3.04. The molecule has 4 rings (SSSR count). The molecule has 0 aliphatic heterocycles. The van der Waals surface area contributed by atoms with Gasteiger partial charge in [0, 0.05) is 11.3 Å². The molecule has 0 fully saturated rings. The number of ether oxygens (including phenoxy) is 1. The van der Waals surface area contributed by atoms with E-state index in [2.05, 4.69) is 19.8 Å². The Labute approximate surface area is 179 Å². The van der Waals surface area contributed by atoms with Gasteiger partial charge in [0.05, 0.1) is 23.9 Å². The molecule has 1 aromatic heterocycles. The van der Waals surface area contributed by atoms with Gasteiger partial charge in [-0.05, 0) is 35.9 Å². The second kappa shape index (κ2) is 8.41. The molecule has 9 heteroatoms.